The van der Waals surface area contributed by atoms with Gasteiger partial charge in [0.25, 0.3) is 0 Å². The Balaban J connectivity index is 2.31. The van der Waals surface area contributed by atoms with Gasteiger partial charge in [0.1, 0.15) is 10.8 Å². The van der Waals surface area contributed by atoms with Crippen LogP contribution < -0.4 is 0 Å². The molecule has 0 aliphatic rings. The van der Waals surface area contributed by atoms with Gasteiger partial charge in [-0.15, -0.1) is 0 Å². The van der Waals surface area contributed by atoms with Gasteiger partial charge in [-0.3, -0.25) is 0 Å². The lowest BCUT2D eigenvalue weighted by Gasteiger charge is -2.11. The lowest BCUT2D eigenvalue weighted by Crippen LogP contribution is -1.95. The molecule has 1 unspecified atom stereocenters. The van der Waals surface area contributed by atoms with Crippen LogP contribution in [0.5, 0.6) is 0 Å². The van der Waals surface area contributed by atoms with Gasteiger partial charge in [-0.25, -0.2) is 9.37 Å². The Morgan fingerprint density at radius 3 is 2.72 bits per heavy atom. The molecule has 0 radical (unpaired) electrons. The largest absolute Gasteiger partial charge is 0.389 e. The van der Waals surface area contributed by atoms with Crippen molar-refractivity contribution in [3.05, 3.63) is 52.4 Å². The first kappa shape index (κ1) is 13.5. The molecular formula is C13H11BrFNOS. The number of aromatic nitrogens is 1. The second-order valence-corrected chi connectivity index (χ2v) is 5.75. The minimum Gasteiger partial charge on any atom is -0.389 e. The van der Waals surface area contributed by atoms with E-state index in [9.17, 15) is 9.50 Å². The molecule has 0 saturated carbocycles. The number of hydrogen-bond donors (Lipinski definition) is 1. The van der Waals surface area contributed by atoms with Crippen LogP contribution >= 0.6 is 27.7 Å². The van der Waals surface area contributed by atoms with Gasteiger partial charge >= 0.3 is 0 Å². The van der Waals surface area contributed by atoms with Crippen molar-refractivity contribution in [2.24, 2.45) is 0 Å². The number of benzene rings is 1. The smallest absolute Gasteiger partial charge is 0.123 e. The Bertz CT molecular complexity index is 545. The number of rotatable bonds is 3. The molecule has 2 aromatic rings. The van der Waals surface area contributed by atoms with E-state index in [1.54, 1.807) is 19.2 Å². The predicted molar refractivity (Wildman–Crippen MR) is 73.1 cm³/mol. The molecule has 0 amide bonds. The third-order valence-electron chi connectivity index (χ3n) is 2.34. The topological polar surface area (TPSA) is 33.1 Å². The average Bonchev–Trinajstić information content (AvgIpc) is 2.34. The van der Waals surface area contributed by atoms with E-state index in [4.69, 9.17) is 0 Å². The monoisotopic (exact) mass is 327 g/mol. The number of hydrogen-bond acceptors (Lipinski definition) is 3. The molecule has 1 atom stereocenters. The lowest BCUT2D eigenvalue weighted by molar-refractivity contribution is 0.196. The molecule has 2 rings (SSSR count). The molecule has 1 aromatic heterocycles. The zero-order valence-corrected chi connectivity index (χ0v) is 12.0. The second-order valence-electron chi connectivity index (χ2n) is 3.77. The highest BCUT2D eigenvalue weighted by Crippen LogP contribution is 2.33. The van der Waals surface area contributed by atoms with Crippen molar-refractivity contribution < 1.29 is 9.50 Å². The van der Waals surface area contributed by atoms with Gasteiger partial charge in [0.2, 0.25) is 0 Å². The van der Waals surface area contributed by atoms with Gasteiger partial charge < -0.3 is 5.11 Å². The summed E-state index contributed by atoms with van der Waals surface area (Å²) >= 11 is 4.72. The van der Waals surface area contributed by atoms with Crippen LogP contribution in [0.25, 0.3) is 0 Å². The third kappa shape index (κ3) is 3.31. The lowest BCUT2D eigenvalue weighted by atomic mass is 10.1. The molecule has 18 heavy (non-hydrogen) atoms. The van der Waals surface area contributed by atoms with Gasteiger partial charge in [-0.05, 0) is 58.7 Å². The highest BCUT2D eigenvalue weighted by atomic mass is 79.9. The quantitative estimate of drug-likeness (QED) is 0.917. The molecule has 0 spiro atoms. The predicted octanol–water partition coefficient (Wildman–Crippen LogP) is 4.19. The molecule has 0 fully saturated rings. The van der Waals surface area contributed by atoms with Crippen molar-refractivity contribution in [3.8, 4) is 0 Å². The maximum Gasteiger partial charge on any atom is 0.123 e. The summed E-state index contributed by atoms with van der Waals surface area (Å²) in [5, 5.41) is 10.4. The Hall–Kier alpha value is -0.910. The van der Waals surface area contributed by atoms with E-state index < -0.39 is 6.10 Å². The number of pyridine rings is 1. The minimum atomic E-state index is -0.710. The number of aliphatic hydroxyl groups excluding tert-OH is 1. The van der Waals surface area contributed by atoms with Crippen LogP contribution in [0.4, 0.5) is 4.39 Å². The molecule has 1 aromatic carbocycles. The van der Waals surface area contributed by atoms with Crippen molar-refractivity contribution in [1.82, 2.24) is 4.98 Å². The fraction of sp³-hybridized carbons (Fsp3) is 0.154. The molecule has 1 heterocycles. The summed E-state index contributed by atoms with van der Waals surface area (Å²) in [5.41, 5.74) is 0.574. The van der Waals surface area contributed by atoms with Crippen molar-refractivity contribution in [1.29, 1.82) is 0 Å². The second kappa shape index (κ2) is 5.82. The average molecular weight is 328 g/mol. The molecule has 1 N–H and O–H groups in total. The molecule has 5 heteroatoms. The van der Waals surface area contributed by atoms with Crippen LogP contribution in [0.15, 0.2) is 50.9 Å². The van der Waals surface area contributed by atoms with E-state index in [2.05, 4.69) is 20.9 Å². The van der Waals surface area contributed by atoms with Crippen molar-refractivity contribution in [3.63, 3.8) is 0 Å². The zero-order chi connectivity index (χ0) is 13.1. The maximum absolute atomic E-state index is 13.2. The minimum absolute atomic E-state index is 0.348. The molecule has 0 aliphatic carbocycles. The summed E-state index contributed by atoms with van der Waals surface area (Å²) in [5.74, 6) is -0.348. The SMILES string of the molecule is CC(O)c1cc(F)ccc1Sc1ccc(Br)cn1. The summed E-state index contributed by atoms with van der Waals surface area (Å²) in [6.07, 6.45) is 0.993. The van der Waals surface area contributed by atoms with Crippen LogP contribution in [0.1, 0.15) is 18.6 Å². The van der Waals surface area contributed by atoms with Gasteiger partial charge in [0, 0.05) is 15.6 Å². The zero-order valence-electron chi connectivity index (χ0n) is 9.60. The molecule has 94 valence electrons. The molecular weight excluding hydrogens is 317 g/mol. The first-order valence-electron chi connectivity index (χ1n) is 5.33. The molecule has 2 nitrogen and oxygen atoms in total. The number of aliphatic hydroxyl groups is 1. The highest BCUT2D eigenvalue weighted by Gasteiger charge is 2.11. The van der Waals surface area contributed by atoms with Gasteiger partial charge in [0.15, 0.2) is 0 Å². The fourth-order valence-electron chi connectivity index (χ4n) is 1.47. The van der Waals surface area contributed by atoms with Gasteiger partial charge in [0.05, 0.1) is 6.10 Å². The van der Waals surface area contributed by atoms with E-state index in [0.717, 1.165) is 14.4 Å². The Morgan fingerprint density at radius 1 is 1.33 bits per heavy atom. The van der Waals surface area contributed by atoms with Crippen LogP contribution in [0.2, 0.25) is 0 Å². The summed E-state index contributed by atoms with van der Waals surface area (Å²) in [7, 11) is 0. The number of nitrogens with zero attached hydrogens (tertiary/aromatic N) is 1. The molecule has 0 saturated heterocycles. The van der Waals surface area contributed by atoms with Crippen LogP contribution in [-0.2, 0) is 0 Å². The van der Waals surface area contributed by atoms with Crippen molar-refractivity contribution in [2.45, 2.75) is 22.9 Å². The standard InChI is InChI=1S/C13H11BrFNOS/c1-8(17)11-6-10(15)3-4-12(11)18-13-5-2-9(14)7-16-13/h2-8,17H,1H3. The van der Waals surface area contributed by atoms with Crippen LogP contribution in [0.3, 0.4) is 0 Å². The maximum atomic E-state index is 13.2. The van der Waals surface area contributed by atoms with Crippen LogP contribution in [-0.4, -0.2) is 10.1 Å². The fourth-order valence-corrected chi connectivity index (χ4v) is 2.66. The normalized spacial score (nSPS) is 12.4. The van der Waals surface area contributed by atoms with Crippen molar-refractivity contribution >= 4 is 27.7 Å². The Kier molecular flexibility index (Phi) is 4.37. The summed E-state index contributed by atoms with van der Waals surface area (Å²) in [6, 6.07) is 8.15. The highest BCUT2D eigenvalue weighted by molar-refractivity contribution is 9.10. The van der Waals surface area contributed by atoms with E-state index in [-0.39, 0.29) is 5.82 Å². The Labute approximate surface area is 117 Å². The third-order valence-corrected chi connectivity index (χ3v) is 3.85. The van der Waals surface area contributed by atoms with Crippen LogP contribution in [0, 0.1) is 5.82 Å². The summed E-state index contributed by atoms with van der Waals surface area (Å²) in [6.45, 7) is 1.62. The van der Waals surface area contributed by atoms with Gasteiger partial charge in [-0.1, -0.05) is 11.8 Å². The van der Waals surface area contributed by atoms with E-state index >= 15 is 0 Å². The Morgan fingerprint density at radius 2 is 2.11 bits per heavy atom. The molecule has 0 aliphatic heterocycles. The van der Waals surface area contributed by atoms with E-state index in [1.807, 2.05) is 12.1 Å². The summed E-state index contributed by atoms with van der Waals surface area (Å²) in [4.78, 5) is 5.04. The van der Waals surface area contributed by atoms with E-state index in [1.165, 1.54) is 23.9 Å². The van der Waals surface area contributed by atoms with Gasteiger partial charge in [-0.2, -0.15) is 0 Å². The van der Waals surface area contributed by atoms with Crippen molar-refractivity contribution in [2.75, 3.05) is 0 Å². The number of halogens is 2. The molecule has 0 bridgehead atoms. The first-order valence-corrected chi connectivity index (χ1v) is 6.94. The van der Waals surface area contributed by atoms with E-state index in [0.29, 0.717) is 5.56 Å². The first-order chi connectivity index (χ1) is 8.56. The summed E-state index contributed by atoms with van der Waals surface area (Å²) < 4.78 is 14.1.